The third-order valence-electron chi connectivity index (χ3n) is 3.64. The number of carbonyl (C=O) groups is 1. The van der Waals surface area contributed by atoms with Crippen molar-refractivity contribution < 1.29 is 14.3 Å². The fraction of sp³-hybridized carbons (Fsp3) is 0.533. The Morgan fingerprint density at radius 2 is 1.95 bits per heavy atom. The summed E-state index contributed by atoms with van der Waals surface area (Å²) < 4.78 is 11.1. The molecule has 0 bridgehead atoms. The minimum absolute atomic E-state index is 0.309. The van der Waals surface area contributed by atoms with E-state index in [1.54, 1.807) is 24.3 Å². The third-order valence-corrected chi connectivity index (χ3v) is 3.64. The van der Waals surface area contributed by atoms with Crippen LogP contribution < -0.4 is 16.0 Å². The van der Waals surface area contributed by atoms with Crippen LogP contribution in [0.3, 0.4) is 0 Å². The van der Waals surface area contributed by atoms with E-state index in [0.29, 0.717) is 18.8 Å². The van der Waals surface area contributed by atoms with Gasteiger partial charge in [0.1, 0.15) is 12.4 Å². The molecule has 1 saturated carbocycles. The van der Waals surface area contributed by atoms with Gasteiger partial charge < -0.3 is 9.47 Å². The van der Waals surface area contributed by atoms with E-state index in [0.717, 1.165) is 18.3 Å². The van der Waals surface area contributed by atoms with Gasteiger partial charge in [0.15, 0.2) is 0 Å². The number of carbonyl (C=O) groups excluding carboxylic acids is 1. The second kappa shape index (κ2) is 7.87. The molecule has 2 rings (SSSR count). The maximum atomic E-state index is 11.2. The van der Waals surface area contributed by atoms with E-state index in [9.17, 15) is 4.79 Å². The minimum Gasteiger partial charge on any atom is -0.491 e. The number of nitrogens with one attached hydrogen (secondary N) is 1. The van der Waals surface area contributed by atoms with Gasteiger partial charge in [-0.1, -0.05) is 19.3 Å². The van der Waals surface area contributed by atoms with Gasteiger partial charge in [-0.15, -0.1) is 0 Å². The SMILES string of the molecule is NNC(=O)c1ccc(OCCOCCC2CCC2)cc1. The van der Waals surface area contributed by atoms with E-state index in [2.05, 4.69) is 5.43 Å². The van der Waals surface area contributed by atoms with Gasteiger partial charge in [0.25, 0.3) is 5.91 Å². The van der Waals surface area contributed by atoms with E-state index in [4.69, 9.17) is 15.3 Å². The molecule has 0 aromatic heterocycles. The van der Waals surface area contributed by atoms with Crippen LogP contribution in [-0.2, 0) is 4.74 Å². The number of hydrogen-bond donors (Lipinski definition) is 2. The van der Waals surface area contributed by atoms with E-state index in [1.165, 1.54) is 25.7 Å². The zero-order valence-corrected chi connectivity index (χ0v) is 11.6. The molecular weight excluding hydrogens is 256 g/mol. The maximum Gasteiger partial charge on any atom is 0.265 e. The smallest absolute Gasteiger partial charge is 0.265 e. The average Bonchev–Trinajstić information content (AvgIpc) is 2.44. The molecule has 0 unspecified atom stereocenters. The molecule has 3 N–H and O–H groups in total. The second-order valence-corrected chi connectivity index (χ2v) is 5.04. The molecule has 0 atom stereocenters. The lowest BCUT2D eigenvalue weighted by Crippen LogP contribution is -2.29. The Labute approximate surface area is 119 Å². The largest absolute Gasteiger partial charge is 0.491 e. The summed E-state index contributed by atoms with van der Waals surface area (Å²) in [7, 11) is 0. The number of hydrazine groups is 1. The van der Waals surface area contributed by atoms with Crippen molar-refractivity contribution >= 4 is 5.91 Å². The minimum atomic E-state index is -0.309. The standard InChI is InChI=1S/C15H22N2O3/c16-17-15(18)13-4-6-14(7-5-13)20-11-10-19-9-8-12-2-1-3-12/h4-7,12H,1-3,8-11,16H2,(H,17,18). The molecule has 0 spiro atoms. The molecule has 1 amide bonds. The molecule has 0 heterocycles. The lowest BCUT2D eigenvalue weighted by atomic mass is 9.83. The van der Waals surface area contributed by atoms with Gasteiger partial charge in [-0.05, 0) is 36.6 Å². The zero-order valence-electron chi connectivity index (χ0n) is 11.6. The van der Waals surface area contributed by atoms with E-state index < -0.39 is 0 Å². The van der Waals surface area contributed by atoms with Crippen molar-refractivity contribution in [1.29, 1.82) is 0 Å². The van der Waals surface area contributed by atoms with E-state index in [1.807, 2.05) is 0 Å². The molecule has 1 aromatic rings. The summed E-state index contributed by atoms with van der Waals surface area (Å²) in [6.07, 6.45) is 5.28. The van der Waals surface area contributed by atoms with Gasteiger partial charge in [0.2, 0.25) is 0 Å². The lowest BCUT2D eigenvalue weighted by Gasteiger charge is -2.24. The van der Waals surface area contributed by atoms with Crippen LogP contribution in [0.15, 0.2) is 24.3 Å². The van der Waals surface area contributed by atoms with Crippen LogP contribution in [0, 0.1) is 5.92 Å². The number of benzene rings is 1. The molecule has 0 aliphatic heterocycles. The number of rotatable bonds is 8. The highest BCUT2D eigenvalue weighted by Crippen LogP contribution is 2.29. The Kier molecular flexibility index (Phi) is 5.83. The molecule has 1 aromatic carbocycles. The number of hydrogen-bond acceptors (Lipinski definition) is 4. The molecule has 110 valence electrons. The third kappa shape index (κ3) is 4.51. The number of nitrogens with two attached hydrogens (primary N) is 1. The van der Waals surface area contributed by atoms with Crippen LogP contribution in [0.25, 0.3) is 0 Å². The predicted octanol–water partition coefficient (Wildman–Crippen LogP) is 1.88. The van der Waals surface area contributed by atoms with Gasteiger partial charge in [0.05, 0.1) is 6.61 Å². The highest BCUT2D eigenvalue weighted by Gasteiger charge is 2.16. The Bertz CT molecular complexity index is 416. The summed E-state index contributed by atoms with van der Waals surface area (Å²) >= 11 is 0. The van der Waals surface area contributed by atoms with Gasteiger partial charge >= 0.3 is 0 Å². The molecule has 1 aliphatic rings. The normalized spacial score (nSPS) is 14.7. The Morgan fingerprint density at radius 3 is 2.55 bits per heavy atom. The molecule has 5 nitrogen and oxygen atoms in total. The predicted molar refractivity (Wildman–Crippen MR) is 76.4 cm³/mol. The van der Waals surface area contributed by atoms with Crippen molar-refractivity contribution in [2.75, 3.05) is 19.8 Å². The topological polar surface area (TPSA) is 73.6 Å². The number of nitrogen functional groups attached to an aromatic ring is 1. The summed E-state index contributed by atoms with van der Waals surface area (Å²) in [5, 5.41) is 0. The van der Waals surface area contributed by atoms with Crippen molar-refractivity contribution in [2.24, 2.45) is 11.8 Å². The first-order valence-corrected chi connectivity index (χ1v) is 7.11. The molecular formula is C15H22N2O3. The average molecular weight is 278 g/mol. The molecule has 0 saturated heterocycles. The fourth-order valence-corrected chi connectivity index (χ4v) is 2.14. The first-order chi connectivity index (χ1) is 9.79. The van der Waals surface area contributed by atoms with E-state index in [-0.39, 0.29) is 5.91 Å². The highest BCUT2D eigenvalue weighted by molar-refractivity contribution is 5.93. The first-order valence-electron chi connectivity index (χ1n) is 7.11. The van der Waals surface area contributed by atoms with Crippen LogP contribution >= 0.6 is 0 Å². The fourth-order valence-electron chi connectivity index (χ4n) is 2.14. The van der Waals surface area contributed by atoms with Crippen LogP contribution in [0.2, 0.25) is 0 Å². The summed E-state index contributed by atoms with van der Waals surface area (Å²) in [5.41, 5.74) is 2.60. The van der Waals surface area contributed by atoms with Crippen molar-refractivity contribution in [1.82, 2.24) is 5.43 Å². The van der Waals surface area contributed by atoms with Gasteiger partial charge in [-0.25, -0.2) is 5.84 Å². The van der Waals surface area contributed by atoms with Gasteiger partial charge in [-0.3, -0.25) is 10.2 Å². The number of amides is 1. The Balaban J connectivity index is 1.57. The summed E-state index contributed by atoms with van der Waals surface area (Å²) in [6.45, 7) is 1.94. The summed E-state index contributed by atoms with van der Waals surface area (Å²) in [5.74, 6) is 6.36. The van der Waals surface area contributed by atoms with Crippen molar-refractivity contribution in [2.45, 2.75) is 25.7 Å². The molecule has 1 fully saturated rings. The second-order valence-electron chi connectivity index (χ2n) is 5.04. The van der Waals surface area contributed by atoms with Crippen LogP contribution in [0.4, 0.5) is 0 Å². The van der Waals surface area contributed by atoms with E-state index >= 15 is 0 Å². The van der Waals surface area contributed by atoms with Crippen molar-refractivity contribution in [3.05, 3.63) is 29.8 Å². The Morgan fingerprint density at radius 1 is 1.20 bits per heavy atom. The van der Waals surface area contributed by atoms with Crippen molar-refractivity contribution in [3.63, 3.8) is 0 Å². The lowest BCUT2D eigenvalue weighted by molar-refractivity contribution is 0.0812. The van der Waals surface area contributed by atoms with Gasteiger partial charge in [0, 0.05) is 12.2 Å². The monoisotopic (exact) mass is 278 g/mol. The van der Waals surface area contributed by atoms with Crippen molar-refractivity contribution in [3.8, 4) is 5.75 Å². The van der Waals surface area contributed by atoms with Crippen LogP contribution in [0.1, 0.15) is 36.0 Å². The maximum absolute atomic E-state index is 11.2. The first kappa shape index (κ1) is 14.8. The highest BCUT2D eigenvalue weighted by atomic mass is 16.5. The molecule has 20 heavy (non-hydrogen) atoms. The van der Waals surface area contributed by atoms with Crippen LogP contribution in [0.5, 0.6) is 5.75 Å². The molecule has 5 heteroatoms. The summed E-state index contributed by atoms with van der Waals surface area (Å²) in [6, 6.07) is 6.85. The number of ether oxygens (including phenoxy) is 2. The quantitative estimate of drug-likeness (QED) is 0.329. The zero-order chi connectivity index (χ0) is 14.2. The van der Waals surface area contributed by atoms with Crippen LogP contribution in [-0.4, -0.2) is 25.7 Å². The molecule has 0 radical (unpaired) electrons. The Hall–Kier alpha value is -1.59. The summed E-state index contributed by atoms with van der Waals surface area (Å²) in [4.78, 5) is 11.2. The van der Waals surface area contributed by atoms with Gasteiger partial charge in [-0.2, -0.15) is 0 Å². The molecule has 1 aliphatic carbocycles.